The zero-order chi connectivity index (χ0) is 15.9. The predicted molar refractivity (Wildman–Crippen MR) is 89.9 cm³/mol. The Balaban J connectivity index is 1.82. The van der Waals surface area contributed by atoms with Gasteiger partial charge in [0.25, 0.3) is 0 Å². The first kappa shape index (κ1) is 16.6. The number of nitrogens with zero attached hydrogens (tertiary/aromatic N) is 2. The largest absolute Gasteiger partial charge is 0.494 e. The monoisotopic (exact) mass is 301 g/mol. The Bertz CT molecular complexity index is 560. The Morgan fingerprint density at radius 1 is 1.18 bits per heavy atom. The molecule has 1 atom stereocenters. The molecule has 2 rings (SSSR count). The van der Waals surface area contributed by atoms with E-state index in [1.54, 1.807) is 0 Å². The molecule has 1 aromatic heterocycles. The Kier molecular flexibility index (Phi) is 6.01. The van der Waals surface area contributed by atoms with Gasteiger partial charge < -0.3 is 14.6 Å². The van der Waals surface area contributed by atoms with E-state index in [0.717, 1.165) is 25.3 Å². The van der Waals surface area contributed by atoms with Gasteiger partial charge in [-0.05, 0) is 37.0 Å². The van der Waals surface area contributed by atoms with Crippen molar-refractivity contribution in [2.75, 3.05) is 6.61 Å². The summed E-state index contributed by atoms with van der Waals surface area (Å²) in [7, 11) is 2.01. The van der Waals surface area contributed by atoms with Crippen LogP contribution in [-0.4, -0.2) is 16.2 Å². The quantitative estimate of drug-likeness (QED) is 0.808. The molecule has 1 unspecified atom stereocenters. The molecule has 0 saturated carbocycles. The highest BCUT2D eigenvalue weighted by Crippen LogP contribution is 2.18. The molecule has 120 valence electrons. The van der Waals surface area contributed by atoms with Crippen molar-refractivity contribution in [3.8, 4) is 5.75 Å². The first-order valence-corrected chi connectivity index (χ1v) is 7.97. The van der Waals surface area contributed by atoms with Crippen LogP contribution in [0.5, 0.6) is 5.75 Å². The van der Waals surface area contributed by atoms with Gasteiger partial charge in [-0.3, -0.25) is 0 Å². The summed E-state index contributed by atoms with van der Waals surface area (Å²) in [6.45, 7) is 8.19. The molecule has 1 N–H and O–H groups in total. The van der Waals surface area contributed by atoms with Gasteiger partial charge in [-0.1, -0.05) is 26.0 Å². The van der Waals surface area contributed by atoms with E-state index in [1.807, 2.05) is 24.1 Å². The van der Waals surface area contributed by atoms with Crippen molar-refractivity contribution in [3.05, 3.63) is 48.0 Å². The Morgan fingerprint density at radius 3 is 2.50 bits per heavy atom. The van der Waals surface area contributed by atoms with Gasteiger partial charge in [-0.2, -0.15) is 0 Å². The van der Waals surface area contributed by atoms with Crippen molar-refractivity contribution in [2.24, 2.45) is 13.0 Å². The molecule has 4 nitrogen and oxygen atoms in total. The van der Waals surface area contributed by atoms with Crippen molar-refractivity contribution in [3.63, 3.8) is 0 Å². The molecule has 0 spiro atoms. The molecule has 4 heteroatoms. The van der Waals surface area contributed by atoms with Crippen LogP contribution in [0.1, 0.15) is 44.5 Å². The van der Waals surface area contributed by atoms with Gasteiger partial charge in [0.1, 0.15) is 5.75 Å². The summed E-state index contributed by atoms with van der Waals surface area (Å²) in [6, 6.07) is 8.66. The van der Waals surface area contributed by atoms with Crippen LogP contribution in [0.25, 0.3) is 0 Å². The molecule has 1 aromatic carbocycles. The average molecular weight is 301 g/mol. The van der Waals surface area contributed by atoms with Gasteiger partial charge in [0.2, 0.25) is 0 Å². The maximum absolute atomic E-state index is 5.75. The summed E-state index contributed by atoms with van der Waals surface area (Å²) in [5.41, 5.74) is 2.44. The van der Waals surface area contributed by atoms with Crippen molar-refractivity contribution < 1.29 is 4.74 Å². The van der Waals surface area contributed by atoms with Crippen molar-refractivity contribution >= 4 is 0 Å². The Labute approximate surface area is 133 Å². The lowest BCUT2D eigenvalue weighted by atomic mass is 10.1. The highest BCUT2D eigenvalue weighted by atomic mass is 16.5. The van der Waals surface area contributed by atoms with Crippen LogP contribution in [-0.2, 0) is 13.6 Å². The number of benzene rings is 1. The molecule has 0 radical (unpaired) electrons. The van der Waals surface area contributed by atoms with Crippen LogP contribution < -0.4 is 10.1 Å². The van der Waals surface area contributed by atoms with E-state index in [9.17, 15) is 0 Å². The second-order valence-corrected chi connectivity index (χ2v) is 6.20. The summed E-state index contributed by atoms with van der Waals surface area (Å²) < 4.78 is 7.79. The maximum atomic E-state index is 5.75. The van der Waals surface area contributed by atoms with E-state index in [2.05, 4.69) is 55.3 Å². The van der Waals surface area contributed by atoms with Gasteiger partial charge in [0.15, 0.2) is 0 Å². The summed E-state index contributed by atoms with van der Waals surface area (Å²) in [4.78, 5) is 4.13. The normalized spacial score (nSPS) is 12.6. The molecule has 1 heterocycles. The fourth-order valence-corrected chi connectivity index (χ4v) is 2.20. The second-order valence-electron chi connectivity index (χ2n) is 6.20. The van der Waals surface area contributed by atoms with E-state index in [4.69, 9.17) is 4.74 Å². The minimum Gasteiger partial charge on any atom is -0.494 e. The predicted octanol–water partition coefficient (Wildman–Crippen LogP) is 3.70. The minimum atomic E-state index is 0.291. The van der Waals surface area contributed by atoms with Crippen molar-refractivity contribution in [1.29, 1.82) is 0 Å². The first-order valence-electron chi connectivity index (χ1n) is 7.97. The highest BCUT2D eigenvalue weighted by Gasteiger charge is 2.06. The SMILES string of the molecule is CC(C)CCOc1ccc(C(C)NCc2cncn2C)cc1. The van der Waals surface area contributed by atoms with Crippen LogP contribution in [0.3, 0.4) is 0 Å². The minimum absolute atomic E-state index is 0.291. The number of aromatic nitrogens is 2. The molecule has 22 heavy (non-hydrogen) atoms. The molecule has 0 saturated heterocycles. The number of imidazole rings is 1. The second kappa shape index (κ2) is 7.99. The molecule has 0 aliphatic rings. The third-order valence-electron chi connectivity index (χ3n) is 3.85. The van der Waals surface area contributed by atoms with Crippen LogP contribution >= 0.6 is 0 Å². The molecule has 0 fully saturated rings. The molecule has 0 amide bonds. The van der Waals surface area contributed by atoms with Crippen LogP contribution in [0.15, 0.2) is 36.8 Å². The highest BCUT2D eigenvalue weighted by molar-refractivity contribution is 5.29. The summed E-state index contributed by atoms with van der Waals surface area (Å²) in [5.74, 6) is 1.62. The number of nitrogens with one attached hydrogen (secondary N) is 1. The zero-order valence-electron chi connectivity index (χ0n) is 14.0. The fourth-order valence-electron chi connectivity index (χ4n) is 2.20. The van der Waals surface area contributed by atoms with E-state index < -0.39 is 0 Å². The molecule has 0 aliphatic heterocycles. The molecular formula is C18H27N3O. The number of hydrogen-bond donors (Lipinski definition) is 1. The van der Waals surface area contributed by atoms with E-state index >= 15 is 0 Å². The van der Waals surface area contributed by atoms with Crippen LogP contribution in [0.4, 0.5) is 0 Å². The number of rotatable bonds is 8. The van der Waals surface area contributed by atoms with E-state index in [1.165, 1.54) is 11.3 Å². The lowest BCUT2D eigenvalue weighted by molar-refractivity contribution is 0.289. The van der Waals surface area contributed by atoms with Gasteiger partial charge in [-0.15, -0.1) is 0 Å². The van der Waals surface area contributed by atoms with Gasteiger partial charge in [-0.25, -0.2) is 4.98 Å². The average Bonchev–Trinajstić information content (AvgIpc) is 2.90. The molecular weight excluding hydrogens is 274 g/mol. The van der Waals surface area contributed by atoms with Gasteiger partial charge in [0.05, 0.1) is 18.6 Å². The third-order valence-corrected chi connectivity index (χ3v) is 3.85. The smallest absolute Gasteiger partial charge is 0.119 e. The Morgan fingerprint density at radius 2 is 1.91 bits per heavy atom. The number of aryl methyl sites for hydroxylation is 1. The molecule has 0 bridgehead atoms. The molecule has 2 aromatic rings. The number of hydrogen-bond acceptors (Lipinski definition) is 3. The standard InChI is InChI=1S/C18H27N3O/c1-14(2)9-10-22-18-7-5-16(6-8-18)15(3)20-12-17-11-19-13-21(17)4/h5-8,11,13-15,20H,9-10,12H2,1-4H3. The van der Waals surface area contributed by atoms with Crippen LogP contribution in [0, 0.1) is 5.92 Å². The summed E-state index contributed by atoms with van der Waals surface area (Å²) in [5, 5.41) is 3.52. The molecule has 0 aliphatic carbocycles. The van der Waals surface area contributed by atoms with Gasteiger partial charge in [0, 0.05) is 25.8 Å². The van der Waals surface area contributed by atoms with Crippen LogP contribution in [0.2, 0.25) is 0 Å². The first-order chi connectivity index (χ1) is 10.6. The summed E-state index contributed by atoms with van der Waals surface area (Å²) in [6.07, 6.45) is 4.81. The van der Waals surface area contributed by atoms with Crippen molar-refractivity contribution in [2.45, 2.75) is 39.8 Å². The van der Waals surface area contributed by atoms with Gasteiger partial charge >= 0.3 is 0 Å². The lowest BCUT2D eigenvalue weighted by Crippen LogP contribution is -2.19. The maximum Gasteiger partial charge on any atom is 0.119 e. The van der Waals surface area contributed by atoms with E-state index in [0.29, 0.717) is 12.0 Å². The van der Waals surface area contributed by atoms with E-state index in [-0.39, 0.29) is 0 Å². The third kappa shape index (κ3) is 4.88. The zero-order valence-corrected chi connectivity index (χ0v) is 14.0. The fraction of sp³-hybridized carbons (Fsp3) is 0.500. The number of ether oxygens (including phenoxy) is 1. The lowest BCUT2D eigenvalue weighted by Gasteiger charge is -2.15. The topological polar surface area (TPSA) is 39.1 Å². The Hall–Kier alpha value is -1.81. The summed E-state index contributed by atoms with van der Waals surface area (Å²) >= 11 is 0. The van der Waals surface area contributed by atoms with Crippen molar-refractivity contribution in [1.82, 2.24) is 14.9 Å².